The topological polar surface area (TPSA) is 70.2 Å². The largest absolute Gasteiger partial charge is 0.477 e. The number of hydrogen-bond donors (Lipinski definition) is 2. The molecule has 2 N–H and O–H groups in total. The molecule has 0 aliphatic rings. The lowest BCUT2D eigenvalue weighted by Crippen LogP contribution is -2.19. The van der Waals surface area contributed by atoms with E-state index in [9.17, 15) is 9.59 Å². The van der Waals surface area contributed by atoms with E-state index < -0.39 is 11.5 Å². The van der Waals surface area contributed by atoms with E-state index >= 15 is 0 Å². The molecule has 0 bridgehead atoms. The molecule has 0 aliphatic carbocycles. The minimum absolute atomic E-state index is 0.199. The minimum atomic E-state index is -1.19. The summed E-state index contributed by atoms with van der Waals surface area (Å²) >= 11 is 0. The summed E-state index contributed by atoms with van der Waals surface area (Å²) < 4.78 is 0. The number of carboxylic acids is 1. The third-order valence-electron chi connectivity index (χ3n) is 1.93. The van der Waals surface area contributed by atoms with Gasteiger partial charge in [-0.25, -0.2) is 4.79 Å². The van der Waals surface area contributed by atoms with Gasteiger partial charge in [0.15, 0.2) is 0 Å². The number of H-pyrrole nitrogens is 1. The van der Waals surface area contributed by atoms with Crippen LogP contribution in [0.15, 0.2) is 10.9 Å². The van der Waals surface area contributed by atoms with Crippen molar-refractivity contribution in [2.75, 3.05) is 0 Å². The van der Waals surface area contributed by atoms with Gasteiger partial charge in [0.25, 0.3) is 5.56 Å². The van der Waals surface area contributed by atoms with E-state index in [1.807, 2.05) is 6.92 Å². The Morgan fingerprint density at radius 3 is 2.69 bits per heavy atom. The second-order valence-electron chi connectivity index (χ2n) is 2.83. The van der Waals surface area contributed by atoms with Crippen molar-refractivity contribution >= 4 is 5.97 Å². The molecular formula is C9H11NO3. The monoisotopic (exact) mass is 181 g/mol. The fraction of sp³-hybridized carbons (Fsp3) is 0.333. The van der Waals surface area contributed by atoms with Crippen molar-refractivity contribution in [3.63, 3.8) is 0 Å². The summed E-state index contributed by atoms with van der Waals surface area (Å²) in [6.07, 6.45) is 0.695. The fourth-order valence-electron chi connectivity index (χ4n) is 1.20. The third kappa shape index (κ3) is 1.77. The standard InChI is InChI=1S/C9H11NO3/c1-3-7-5(2)4-6(9(12)13)8(11)10-7/h4H,3H2,1-2H3,(H,10,11)(H,12,13). The molecule has 4 nitrogen and oxygen atoms in total. The number of aryl methyl sites for hydroxylation is 2. The first kappa shape index (κ1) is 9.51. The normalized spacial score (nSPS) is 10.0. The molecule has 1 aromatic heterocycles. The van der Waals surface area contributed by atoms with Crippen LogP contribution < -0.4 is 5.56 Å². The van der Waals surface area contributed by atoms with Crippen molar-refractivity contribution in [3.05, 3.63) is 33.2 Å². The molecule has 0 radical (unpaired) electrons. The van der Waals surface area contributed by atoms with E-state index in [1.165, 1.54) is 6.07 Å². The molecule has 0 aliphatic heterocycles. The van der Waals surface area contributed by atoms with Crippen molar-refractivity contribution < 1.29 is 9.90 Å². The van der Waals surface area contributed by atoms with Gasteiger partial charge >= 0.3 is 5.97 Å². The molecule has 1 aromatic rings. The van der Waals surface area contributed by atoms with Gasteiger partial charge in [-0.2, -0.15) is 0 Å². The highest BCUT2D eigenvalue weighted by Crippen LogP contribution is 2.04. The van der Waals surface area contributed by atoms with E-state index in [1.54, 1.807) is 6.92 Å². The maximum atomic E-state index is 11.2. The summed E-state index contributed by atoms with van der Waals surface area (Å²) in [6.45, 7) is 3.68. The number of carbonyl (C=O) groups is 1. The zero-order chi connectivity index (χ0) is 10.0. The molecule has 4 heteroatoms. The Balaban J connectivity index is 3.37. The summed E-state index contributed by atoms with van der Waals surface area (Å²) in [4.78, 5) is 24.2. The van der Waals surface area contributed by atoms with E-state index in [-0.39, 0.29) is 5.56 Å². The lowest BCUT2D eigenvalue weighted by molar-refractivity contribution is 0.0695. The lowest BCUT2D eigenvalue weighted by atomic mass is 10.1. The summed E-state index contributed by atoms with van der Waals surface area (Å²) in [5.74, 6) is -1.19. The van der Waals surface area contributed by atoms with Gasteiger partial charge in [0.1, 0.15) is 5.56 Å². The highest BCUT2D eigenvalue weighted by atomic mass is 16.4. The zero-order valence-corrected chi connectivity index (χ0v) is 7.55. The molecule has 0 saturated carbocycles. The smallest absolute Gasteiger partial charge is 0.341 e. The molecule has 0 aromatic carbocycles. The van der Waals surface area contributed by atoms with Crippen molar-refractivity contribution in [1.29, 1.82) is 0 Å². The van der Waals surface area contributed by atoms with E-state index in [4.69, 9.17) is 5.11 Å². The molecular weight excluding hydrogens is 170 g/mol. The van der Waals surface area contributed by atoms with Crippen LogP contribution in [0.1, 0.15) is 28.5 Å². The summed E-state index contributed by atoms with van der Waals surface area (Å²) in [7, 11) is 0. The van der Waals surface area contributed by atoms with Crippen LogP contribution in [0, 0.1) is 6.92 Å². The number of carboxylic acid groups (broad SMARTS) is 1. The second kappa shape index (κ2) is 3.43. The van der Waals surface area contributed by atoms with Gasteiger partial charge in [0, 0.05) is 5.69 Å². The number of aromatic carboxylic acids is 1. The Morgan fingerprint density at radius 2 is 2.23 bits per heavy atom. The Bertz CT molecular complexity index is 392. The number of aromatic amines is 1. The Kier molecular flexibility index (Phi) is 2.51. The molecule has 70 valence electrons. The predicted molar refractivity (Wildman–Crippen MR) is 48.1 cm³/mol. The zero-order valence-electron chi connectivity index (χ0n) is 7.55. The highest BCUT2D eigenvalue weighted by molar-refractivity contribution is 5.87. The Labute approximate surface area is 75.2 Å². The van der Waals surface area contributed by atoms with Crippen molar-refractivity contribution in [1.82, 2.24) is 4.98 Å². The summed E-state index contributed by atoms with van der Waals surface area (Å²) in [6, 6.07) is 1.40. The molecule has 0 unspecified atom stereocenters. The second-order valence-corrected chi connectivity index (χ2v) is 2.83. The molecule has 0 saturated heterocycles. The molecule has 0 amide bonds. The van der Waals surface area contributed by atoms with Crippen LogP contribution in [0.4, 0.5) is 0 Å². The Morgan fingerprint density at radius 1 is 1.62 bits per heavy atom. The first-order chi connectivity index (χ1) is 6.06. The number of pyridine rings is 1. The van der Waals surface area contributed by atoms with Crippen molar-refractivity contribution in [2.45, 2.75) is 20.3 Å². The van der Waals surface area contributed by atoms with Gasteiger partial charge in [-0.1, -0.05) is 6.92 Å². The van der Waals surface area contributed by atoms with Crippen LogP contribution in [0.2, 0.25) is 0 Å². The fourth-order valence-corrected chi connectivity index (χ4v) is 1.20. The Hall–Kier alpha value is -1.58. The molecule has 1 heterocycles. The quantitative estimate of drug-likeness (QED) is 0.713. The van der Waals surface area contributed by atoms with Crippen LogP contribution in [0.25, 0.3) is 0 Å². The third-order valence-corrected chi connectivity index (χ3v) is 1.93. The average Bonchev–Trinajstić information content (AvgIpc) is 2.07. The molecule has 0 atom stereocenters. The molecule has 0 fully saturated rings. The van der Waals surface area contributed by atoms with Gasteiger partial charge in [-0.3, -0.25) is 4.79 Å². The first-order valence-electron chi connectivity index (χ1n) is 4.02. The number of nitrogens with one attached hydrogen (secondary N) is 1. The van der Waals surface area contributed by atoms with Crippen LogP contribution >= 0.6 is 0 Å². The van der Waals surface area contributed by atoms with Gasteiger partial charge in [-0.05, 0) is 25.0 Å². The summed E-state index contributed by atoms with van der Waals surface area (Å²) in [5.41, 5.74) is 0.860. The van der Waals surface area contributed by atoms with Gasteiger partial charge in [0.05, 0.1) is 0 Å². The highest BCUT2D eigenvalue weighted by Gasteiger charge is 2.10. The maximum Gasteiger partial charge on any atom is 0.341 e. The maximum absolute atomic E-state index is 11.2. The van der Waals surface area contributed by atoms with Crippen LogP contribution in [-0.4, -0.2) is 16.1 Å². The van der Waals surface area contributed by atoms with E-state index in [2.05, 4.69) is 4.98 Å². The van der Waals surface area contributed by atoms with Crippen LogP contribution in [-0.2, 0) is 6.42 Å². The van der Waals surface area contributed by atoms with Gasteiger partial charge < -0.3 is 10.1 Å². The molecule has 13 heavy (non-hydrogen) atoms. The molecule has 0 spiro atoms. The predicted octanol–water partition coefficient (Wildman–Crippen LogP) is 0.944. The van der Waals surface area contributed by atoms with Crippen LogP contribution in [0.3, 0.4) is 0 Å². The van der Waals surface area contributed by atoms with Crippen LogP contribution in [0.5, 0.6) is 0 Å². The van der Waals surface area contributed by atoms with Crippen molar-refractivity contribution in [3.8, 4) is 0 Å². The summed E-state index contributed by atoms with van der Waals surface area (Å²) in [5, 5.41) is 8.63. The van der Waals surface area contributed by atoms with Gasteiger partial charge in [-0.15, -0.1) is 0 Å². The molecule has 1 rings (SSSR count). The lowest BCUT2D eigenvalue weighted by Gasteiger charge is -2.02. The van der Waals surface area contributed by atoms with E-state index in [0.717, 1.165) is 11.3 Å². The minimum Gasteiger partial charge on any atom is -0.477 e. The first-order valence-corrected chi connectivity index (χ1v) is 4.02. The SMILES string of the molecule is CCc1[nH]c(=O)c(C(=O)O)cc1C. The average molecular weight is 181 g/mol. The number of aromatic nitrogens is 1. The number of hydrogen-bond acceptors (Lipinski definition) is 2. The number of rotatable bonds is 2. The van der Waals surface area contributed by atoms with Gasteiger partial charge in [0.2, 0.25) is 0 Å². The van der Waals surface area contributed by atoms with Crippen molar-refractivity contribution in [2.24, 2.45) is 0 Å². The van der Waals surface area contributed by atoms with E-state index in [0.29, 0.717) is 6.42 Å².